The summed E-state index contributed by atoms with van der Waals surface area (Å²) in [6.45, 7) is 0.000857. The molecule has 0 saturated heterocycles. The Morgan fingerprint density at radius 2 is 1.56 bits per heavy atom. The Labute approximate surface area is 163 Å². The van der Waals surface area contributed by atoms with Gasteiger partial charge in [-0.1, -0.05) is 60.7 Å². The van der Waals surface area contributed by atoms with Crippen molar-refractivity contribution in [3.8, 4) is 0 Å². The summed E-state index contributed by atoms with van der Waals surface area (Å²) >= 11 is 1.54. The molecule has 140 valence electrons. The summed E-state index contributed by atoms with van der Waals surface area (Å²) in [5, 5.41) is 18.5. The molecule has 27 heavy (non-hydrogen) atoms. The second kappa shape index (κ2) is 8.95. The largest absolute Gasteiger partial charge is 0.386 e. The molecule has 1 heterocycles. The van der Waals surface area contributed by atoms with Crippen molar-refractivity contribution in [3.05, 3.63) is 94.2 Å². The molecule has 0 spiro atoms. The minimum Gasteiger partial charge on any atom is -0.386 e. The van der Waals surface area contributed by atoms with E-state index in [1.54, 1.807) is 11.3 Å². The highest BCUT2D eigenvalue weighted by Gasteiger charge is 2.39. The lowest BCUT2D eigenvalue weighted by Crippen LogP contribution is -2.56. The lowest BCUT2D eigenvalue weighted by Gasteiger charge is -2.39. The number of hydrogen-bond donors (Lipinski definition) is 3. The predicted octanol–water partition coefficient (Wildman–Crippen LogP) is 3.08. The van der Waals surface area contributed by atoms with E-state index in [1.165, 1.54) is 0 Å². The van der Waals surface area contributed by atoms with Gasteiger partial charge in [-0.3, -0.25) is 10.1 Å². The second-order valence-corrected chi connectivity index (χ2v) is 7.54. The van der Waals surface area contributed by atoms with Gasteiger partial charge in [0.1, 0.15) is 0 Å². The number of carbonyl (C=O) groups is 1. The van der Waals surface area contributed by atoms with Crippen LogP contribution < -0.4 is 11.1 Å². The third-order valence-electron chi connectivity index (χ3n) is 4.72. The molecule has 0 bridgehead atoms. The summed E-state index contributed by atoms with van der Waals surface area (Å²) in [6.07, 6.45) is 0.337. The molecule has 0 fully saturated rings. The van der Waals surface area contributed by atoms with Gasteiger partial charge < -0.3 is 10.8 Å². The van der Waals surface area contributed by atoms with E-state index in [9.17, 15) is 9.90 Å². The van der Waals surface area contributed by atoms with Crippen LogP contribution in [0.15, 0.2) is 77.5 Å². The first-order valence-electron chi connectivity index (χ1n) is 8.90. The quantitative estimate of drug-likeness (QED) is 0.534. The lowest BCUT2D eigenvalue weighted by molar-refractivity contribution is -0.117. The van der Waals surface area contributed by atoms with Gasteiger partial charge in [-0.2, -0.15) is 11.3 Å². The SMILES string of the molecule is NC(=O)CNC(Cc1ccccc1)(Cc1ccccc1)C(O)c1ccsc1. The van der Waals surface area contributed by atoms with Gasteiger partial charge in [-0.05, 0) is 46.4 Å². The fraction of sp³-hybridized carbons (Fsp3) is 0.227. The van der Waals surface area contributed by atoms with Gasteiger partial charge in [0, 0.05) is 0 Å². The summed E-state index contributed by atoms with van der Waals surface area (Å²) in [7, 11) is 0. The van der Waals surface area contributed by atoms with Crippen molar-refractivity contribution in [1.82, 2.24) is 5.32 Å². The average molecular weight is 381 g/mol. The van der Waals surface area contributed by atoms with Crippen LogP contribution in [0.5, 0.6) is 0 Å². The average Bonchev–Trinajstić information content (AvgIpc) is 3.22. The minimum absolute atomic E-state index is 0.000857. The molecular weight excluding hydrogens is 356 g/mol. The van der Waals surface area contributed by atoms with Gasteiger partial charge in [0.2, 0.25) is 5.91 Å². The molecule has 1 atom stereocenters. The Balaban J connectivity index is 2.02. The standard InChI is InChI=1S/C22H24N2O2S/c23-20(25)15-24-22(13-17-7-3-1-4-8-17,14-18-9-5-2-6-10-18)21(26)19-11-12-27-16-19/h1-12,16,21,24,26H,13-15H2,(H2,23,25). The molecular formula is C22H24N2O2S. The summed E-state index contributed by atoms with van der Waals surface area (Å²) in [5.74, 6) is -0.446. The third-order valence-corrected chi connectivity index (χ3v) is 5.42. The Bertz CT molecular complexity index is 794. The lowest BCUT2D eigenvalue weighted by atomic mass is 9.78. The molecule has 4 nitrogen and oxygen atoms in total. The van der Waals surface area contributed by atoms with Crippen LogP contribution in [0.1, 0.15) is 22.8 Å². The summed E-state index contributed by atoms with van der Waals surface area (Å²) < 4.78 is 0. The van der Waals surface area contributed by atoms with Crippen LogP contribution in [0.25, 0.3) is 0 Å². The maximum Gasteiger partial charge on any atom is 0.231 e. The molecule has 1 unspecified atom stereocenters. The Hall–Kier alpha value is -2.47. The van der Waals surface area contributed by atoms with Crippen molar-refractivity contribution in [3.63, 3.8) is 0 Å². The number of aliphatic hydroxyl groups excluding tert-OH is 1. The molecule has 0 aliphatic carbocycles. The van der Waals surface area contributed by atoms with Crippen molar-refractivity contribution < 1.29 is 9.90 Å². The summed E-state index contributed by atoms with van der Waals surface area (Å²) in [6, 6.07) is 21.9. The van der Waals surface area contributed by atoms with Crippen LogP contribution in [-0.4, -0.2) is 23.1 Å². The Kier molecular flexibility index (Phi) is 6.40. The Morgan fingerprint density at radius 3 is 2.00 bits per heavy atom. The molecule has 0 saturated carbocycles. The number of benzene rings is 2. The van der Waals surface area contributed by atoms with E-state index in [4.69, 9.17) is 5.73 Å². The number of carbonyl (C=O) groups excluding carboxylic acids is 1. The van der Waals surface area contributed by atoms with Gasteiger partial charge in [-0.25, -0.2) is 0 Å². The molecule has 0 radical (unpaired) electrons. The highest BCUT2D eigenvalue weighted by atomic mass is 32.1. The number of primary amides is 1. The minimum atomic E-state index is -0.788. The molecule has 2 aromatic carbocycles. The maximum atomic E-state index is 11.5. The van der Waals surface area contributed by atoms with Crippen molar-refractivity contribution in [2.45, 2.75) is 24.5 Å². The first-order valence-corrected chi connectivity index (χ1v) is 9.85. The van der Waals surface area contributed by atoms with Gasteiger partial charge in [0.05, 0.1) is 18.2 Å². The smallest absolute Gasteiger partial charge is 0.231 e. The molecule has 3 rings (SSSR count). The van der Waals surface area contributed by atoms with Crippen LogP contribution >= 0.6 is 11.3 Å². The molecule has 5 heteroatoms. The van der Waals surface area contributed by atoms with Crippen LogP contribution in [0, 0.1) is 0 Å². The second-order valence-electron chi connectivity index (χ2n) is 6.76. The molecule has 0 aliphatic heterocycles. The van der Waals surface area contributed by atoms with Gasteiger partial charge >= 0.3 is 0 Å². The highest BCUT2D eigenvalue weighted by molar-refractivity contribution is 7.07. The monoisotopic (exact) mass is 380 g/mol. The van der Waals surface area contributed by atoms with Gasteiger partial charge in [-0.15, -0.1) is 0 Å². The van der Waals surface area contributed by atoms with Gasteiger partial charge in [0.15, 0.2) is 0 Å². The van der Waals surface area contributed by atoms with Crippen LogP contribution in [0.3, 0.4) is 0 Å². The highest BCUT2D eigenvalue weighted by Crippen LogP contribution is 2.34. The first-order chi connectivity index (χ1) is 13.1. The normalized spacial score (nSPS) is 12.6. The number of amides is 1. The predicted molar refractivity (Wildman–Crippen MR) is 109 cm³/mol. The van der Waals surface area contributed by atoms with E-state index in [-0.39, 0.29) is 6.54 Å². The molecule has 3 aromatic rings. The number of nitrogens with one attached hydrogen (secondary N) is 1. The number of thiophene rings is 1. The van der Waals surface area contributed by atoms with E-state index >= 15 is 0 Å². The zero-order valence-corrected chi connectivity index (χ0v) is 15.9. The molecule has 1 amide bonds. The molecule has 0 aliphatic rings. The van der Waals surface area contributed by atoms with Crippen molar-refractivity contribution >= 4 is 17.2 Å². The topological polar surface area (TPSA) is 75.4 Å². The fourth-order valence-corrected chi connectivity index (χ4v) is 4.09. The van der Waals surface area contributed by atoms with Crippen LogP contribution in [0.4, 0.5) is 0 Å². The maximum absolute atomic E-state index is 11.5. The summed E-state index contributed by atoms with van der Waals surface area (Å²) in [5.41, 5.74) is 7.66. The van der Waals surface area contributed by atoms with Crippen molar-refractivity contribution in [2.24, 2.45) is 5.73 Å². The molecule has 4 N–H and O–H groups in total. The fourth-order valence-electron chi connectivity index (χ4n) is 3.41. The van der Waals surface area contributed by atoms with E-state index in [1.807, 2.05) is 77.5 Å². The number of aliphatic hydroxyl groups is 1. The first kappa shape index (κ1) is 19.3. The van der Waals surface area contributed by atoms with Crippen molar-refractivity contribution in [2.75, 3.05) is 6.54 Å². The van der Waals surface area contributed by atoms with E-state index in [0.29, 0.717) is 12.8 Å². The van der Waals surface area contributed by atoms with Crippen molar-refractivity contribution in [1.29, 1.82) is 0 Å². The van der Waals surface area contributed by atoms with Crippen LogP contribution in [-0.2, 0) is 17.6 Å². The van der Waals surface area contributed by atoms with E-state index < -0.39 is 17.6 Å². The zero-order chi connectivity index (χ0) is 19.1. The third kappa shape index (κ3) is 5.04. The van der Waals surface area contributed by atoms with E-state index in [0.717, 1.165) is 16.7 Å². The van der Waals surface area contributed by atoms with Crippen LogP contribution in [0.2, 0.25) is 0 Å². The zero-order valence-electron chi connectivity index (χ0n) is 15.0. The molecule has 1 aromatic heterocycles. The number of rotatable bonds is 9. The van der Waals surface area contributed by atoms with E-state index in [2.05, 4.69) is 5.32 Å². The van der Waals surface area contributed by atoms with Gasteiger partial charge in [0.25, 0.3) is 0 Å². The Morgan fingerprint density at radius 1 is 1.00 bits per heavy atom. The number of hydrogen-bond acceptors (Lipinski definition) is 4. The number of nitrogens with two attached hydrogens (primary N) is 1. The summed E-state index contributed by atoms with van der Waals surface area (Å²) in [4.78, 5) is 11.5.